The molecule has 2 aromatic heterocycles. The van der Waals surface area contributed by atoms with Crippen molar-refractivity contribution in [1.29, 1.82) is 0 Å². The third kappa shape index (κ3) is 5.43. The molecule has 0 aliphatic heterocycles. The van der Waals surface area contributed by atoms with Crippen LogP contribution in [-0.2, 0) is 10.8 Å². The predicted molar refractivity (Wildman–Crippen MR) is 252 cm³/mol. The van der Waals surface area contributed by atoms with E-state index in [0.717, 1.165) is 61.1 Å². The number of furan rings is 1. The summed E-state index contributed by atoms with van der Waals surface area (Å²) in [7, 11) is 0. The van der Waals surface area contributed by atoms with Gasteiger partial charge in [-0.05, 0) is 115 Å². The van der Waals surface area contributed by atoms with Gasteiger partial charge in [0.2, 0.25) is 0 Å². The topological polar surface area (TPSA) is 38.9 Å². The van der Waals surface area contributed by atoms with E-state index in [-0.39, 0.29) is 10.8 Å². The molecule has 2 aliphatic rings. The van der Waals surface area contributed by atoms with Gasteiger partial charge < -0.3 is 4.42 Å². The minimum atomic E-state index is -0.0696. The Morgan fingerprint density at radius 2 is 0.852 bits per heavy atom. The Labute approximate surface area is 356 Å². The van der Waals surface area contributed by atoms with Crippen molar-refractivity contribution in [3.63, 3.8) is 0 Å². The molecule has 0 saturated carbocycles. The third-order valence-corrected chi connectivity index (χ3v) is 13.5. The summed E-state index contributed by atoms with van der Waals surface area (Å²) in [5, 5.41) is 2.16. The van der Waals surface area contributed by atoms with Crippen molar-refractivity contribution in [2.45, 2.75) is 38.5 Å². The van der Waals surface area contributed by atoms with Gasteiger partial charge in [-0.1, -0.05) is 161 Å². The zero-order valence-corrected chi connectivity index (χ0v) is 34.6. The second kappa shape index (κ2) is 13.1. The van der Waals surface area contributed by atoms with Gasteiger partial charge in [-0.25, -0.2) is 9.97 Å². The molecule has 3 heteroatoms. The molecular weight excluding hydrogens is 741 g/mol. The van der Waals surface area contributed by atoms with E-state index in [9.17, 15) is 0 Å². The van der Waals surface area contributed by atoms with Crippen LogP contribution in [0.4, 0.5) is 0 Å². The molecule has 2 heterocycles. The first-order chi connectivity index (χ1) is 29.7. The van der Waals surface area contributed by atoms with E-state index in [4.69, 9.17) is 14.4 Å². The van der Waals surface area contributed by atoms with E-state index in [2.05, 4.69) is 179 Å². The average Bonchev–Trinajstić information content (AvgIpc) is 3.88. The van der Waals surface area contributed by atoms with Crippen LogP contribution < -0.4 is 0 Å². The van der Waals surface area contributed by atoms with Crippen LogP contribution in [0.1, 0.15) is 49.9 Å². The van der Waals surface area contributed by atoms with Crippen LogP contribution in [0.15, 0.2) is 186 Å². The lowest BCUT2D eigenvalue weighted by atomic mass is 9.82. The van der Waals surface area contributed by atoms with Gasteiger partial charge in [0, 0.05) is 38.3 Å². The van der Waals surface area contributed by atoms with Gasteiger partial charge in [0.05, 0.1) is 11.4 Å². The van der Waals surface area contributed by atoms with Gasteiger partial charge in [-0.2, -0.15) is 0 Å². The molecule has 0 radical (unpaired) electrons. The molecule has 12 rings (SSSR count). The molecule has 0 N–H and O–H groups in total. The number of para-hydroxylation sites is 2. The summed E-state index contributed by atoms with van der Waals surface area (Å²) in [6.07, 6.45) is 0. The minimum absolute atomic E-state index is 0.0696. The Morgan fingerprint density at radius 3 is 1.51 bits per heavy atom. The van der Waals surface area contributed by atoms with Gasteiger partial charge in [0.25, 0.3) is 0 Å². The maximum absolute atomic E-state index is 6.57. The molecule has 3 nitrogen and oxygen atoms in total. The van der Waals surface area contributed by atoms with E-state index >= 15 is 0 Å². The molecule has 290 valence electrons. The van der Waals surface area contributed by atoms with Crippen molar-refractivity contribution in [2.24, 2.45) is 0 Å². The number of aromatic nitrogens is 2. The smallest absolute Gasteiger partial charge is 0.160 e. The van der Waals surface area contributed by atoms with Crippen molar-refractivity contribution in [2.75, 3.05) is 0 Å². The predicted octanol–water partition coefficient (Wildman–Crippen LogP) is 15.3. The van der Waals surface area contributed by atoms with E-state index < -0.39 is 0 Å². The largest absolute Gasteiger partial charge is 0.455 e. The maximum Gasteiger partial charge on any atom is 0.160 e. The van der Waals surface area contributed by atoms with Crippen LogP contribution in [0.25, 0.3) is 100 Å². The van der Waals surface area contributed by atoms with Gasteiger partial charge in [-0.3, -0.25) is 0 Å². The molecule has 0 saturated heterocycles. The summed E-state index contributed by atoms with van der Waals surface area (Å²) in [6.45, 7) is 9.36. The third-order valence-electron chi connectivity index (χ3n) is 13.5. The molecule has 10 aromatic rings. The normalized spacial score (nSPS) is 14.2. The molecule has 0 amide bonds. The van der Waals surface area contributed by atoms with Crippen molar-refractivity contribution >= 4 is 21.9 Å². The van der Waals surface area contributed by atoms with Crippen molar-refractivity contribution in [1.82, 2.24) is 9.97 Å². The Balaban J connectivity index is 1.09. The first-order valence-electron chi connectivity index (χ1n) is 21.2. The number of hydrogen-bond acceptors (Lipinski definition) is 3. The van der Waals surface area contributed by atoms with E-state index in [1.165, 1.54) is 55.6 Å². The fraction of sp³-hybridized carbons (Fsp3) is 0.103. The van der Waals surface area contributed by atoms with Gasteiger partial charge >= 0.3 is 0 Å². The lowest BCUT2D eigenvalue weighted by Gasteiger charge is -2.21. The SMILES string of the molecule is CC1(C)c2ccccc2-c2cc(-c3cc(-c4ccc5c(c4)-c4ccccc4C5(C)C)cc(-c4cc(-c5cccc6c5oc5ccccc56)nc(-c5ccccc5)n4)c3)ccc21. The Morgan fingerprint density at radius 1 is 0.344 bits per heavy atom. The first kappa shape index (κ1) is 35.6. The van der Waals surface area contributed by atoms with Crippen molar-refractivity contribution < 1.29 is 4.42 Å². The summed E-state index contributed by atoms with van der Waals surface area (Å²) in [5.41, 5.74) is 21.4. The standard InChI is InChI=1S/C58H42N2O/c1-57(2)48-22-11-8-17-41(48)46-32-36(25-27-50(46)57)38-29-39(37-26-28-51-47(33-37)42-18-9-12-23-49(42)58(51,3)4)31-40(30-38)52-34-53(60-56(59-52)35-15-6-5-7-16-35)45-21-14-20-44-43-19-10-13-24-54(43)61-55(44)45/h5-34H,1-4H3. The summed E-state index contributed by atoms with van der Waals surface area (Å²) in [6, 6.07) is 65.8. The average molecular weight is 783 g/mol. The van der Waals surface area contributed by atoms with Crippen LogP contribution in [0.5, 0.6) is 0 Å². The number of nitrogens with zero attached hydrogens (tertiary/aromatic N) is 2. The first-order valence-corrected chi connectivity index (χ1v) is 21.2. The fourth-order valence-electron chi connectivity index (χ4n) is 10.3. The zero-order chi connectivity index (χ0) is 41.0. The lowest BCUT2D eigenvalue weighted by molar-refractivity contribution is 0.660. The summed E-state index contributed by atoms with van der Waals surface area (Å²) < 4.78 is 6.57. The van der Waals surface area contributed by atoms with Crippen LogP contribution in [0, 0.1) is 0 Å². The molecule has 8 aromatic carbocycles. The van der Waals surface area contributed by atoms with Crippen LogP contribution in [-0.4, -0.2) is 9.97 Å². The fourth-order valence-corrected chi connectivity index (χ4v) is 10.3. The van der Waals surface area contributed by atoms with E-state index in [1.54, 1.807) is 0 Å². The second-order valence-electron chi connectivity index (χ2n) is 17.8. The number of rotatable bonds is 5. The Hall–Kier alpha value is -7.36. The Kier molecular flexibility index (Phi) is 7.62. The number of hydrogen-bond donors (Lipinski definition) is 0. The highest BCUT2D eigenvalue weighted by Crippen LogP contribution is 2.52. The highest BCUT2D eigenvalue weighted by atomic mass is 16.3. The van der Waals surface area contributed by atoms with Gasteiger partial charge in [-0.15, -0.1) is 0 Å². The van der Waals surface area contributed by atoms with Crippen LogP contribution in [0.3, 0.4) is 0 Å². The summed E-state index contributed by atoms with van der Waals surface area (Å²) in [5.74, 6) is 0.668. The molecule has 61 heavy (non-hydrogen) atoms. The molecule has 0 bridgehead atoms. The molecular formula is C58H42N2O. The quantitative estimate of drug-likeness (QED) is 0.175. The monoisotopic (exact) mass is 782 g/mol. The van der Waals surface area contributed by atoms with Crippen molar-refractivity contribution in [3.8, 4) is 78.4 Å². The zero-order valence-electron chi connectivity index (χ0n) is 34.6. The number of fused-ring (bicyclic) bond motifs is 9. The summed E-state index contributed by atoms with van der Waals surface area (Å²) >= 11 is 0. The second-order valence-corrected chi connectivity index (χ2v) is 17.8. The highest BCUT2D eigenvalue weighted by molar-refractivity contribution is 6.09. The molecule has 2 aliphatic carbocycles. The van der Waals surface area contributed by atoms with Gasteiger partial charge in [0.15, 0.2) is 5.82 Å². The van der Waals surface area contributed by atoms with Crippen molar-refractivity contribution in [3.05, 3.63) is 204 Å². The molecule has 0 fully saturated rings. The Bertz CT molecular complexity index is 3300. The molecule has 0 spiro atoms. The lowest BCUT2D eigenvalue weighted by Crippen LogP contribution is -2.14. The van der Waals surface area contributed by atoms with E-state index in [0.29, 0.717) is 5.82 Å². The molecule has 0 atom stereocenters. The molecule has 0 unspecified atom stereocenters. The highest BCUT2D eigenvalue weighted by Gasteiger charge is 2.36. The van der Waals surface area contributed by atoms with E-state index in [1.807, 2.05) is 30.3 Å². The minimum Gasteiger partial charge on any atom is -0.455 e. The van der Waals surface area contributed by atoms with Crippen LogP contribution in [0.2, 0.25) is 0 Å². The maximum atomic E-state index is 6.57. The van der Waals surface area contributed by atoms with Gasteiger partial charge in [0.1, 0.15) is 11.2 Å². The summed E-state index contributed by atoms with van der Waals surface area (Å²) in [4.78, 5) is 10.6. The van der Waals surface area contributed by atoms with Crippen LogP contribution >= 0.6 is 0 Å². The number of benzene rings is 8.